The fourth-order valence-electron chi connectivity index (χ4n) is 3.08. The summed E-state index contributed by atoms with van der Waals surface area (Å²) in [5.74, 6) is 1.89. The van der Waals surface area contributed by atoms with Gasteiger partial charge in [-0.15, -0.1) is 0 Å². The van der Waals surface area contributed by atoms with Gasteiger partial charge in [0.2, 0.25) is 0 Å². The molecule has 5 heteroatoms. The molecule has 1 saturated heterocycles. The lowest BCUT2D eigenvalue weighted by Crippen LogP contribution is -2.48. The molecule has 2 heterocycles. The summed E-state index contributed by atoms with van der Waals surface area (Å²) in [5.41, 5.74) is 0. The third-order valence-electron chi connectivity index (χ3n) is 3.95. The summed E-state index contributed by atoms with van der Waals surface area (Å²) in [7, 11) is 1.66. The quantitative estimate of drug-likeness (QED) is 0.908. The SMILES string of the molecule is COCC[C@H](NC(=O)N1C[C@H](C)C[C@@H](C)C1)c1ccco1. The Morgan fingerprint density at radius 2 is 2.19 bits per heavy atom. The lowest BCUT2D eigenvalue weighted by Gasteiger charge is -2.35. The number of hydrogen-bond donors (Lipinski definition) is 1. The maximum atomic E-state index is 12.5. The Kier molecular flexibility index (Phi) is 5.67. The third-order valence-corrected chi connectivity index (χ3v) is 3.95. The number of piperidine rings is 1. The Labute approximate surface area is 126 Å². The minimum absolute atomic E-state index is 0.00842. The Hall–Kier alpha value is -1.49. The molecule has 1 aromatic heterocycles. The lowest BCUT2D eigenvalue weighted by molar-refractivity contribution is 0.137. The summed E-state index contributed by atoms with van der Waals surface area (Å²) in [5, 5.41) is 3.08. The van der Waals surface area contributed by atoms with Crippen molar-refractivity contribution in [3.05, 3.63) is 24.2 Å². The van der Waals surface area contributed by atoms with Gasteiger partial charge < -0.3 is 19.4 Å². The number of furan rings is 1. The predicted molar refractivity (Wildman–Crippen MR) is 81.0 cm³/mol. The average molecular weight is 294 g/mol. The first-order valence-electron chi connectivity index (χ1n) is 7.68. The zero-order valence-corrected chi connectivity index (χ0v) is 13.2. The molecule has 0 unspecified atom stereocenters. The van der Waals surface area contributed by atoms with E-state index in [-0.39, 0.29) is 12.1 Å². The molecular formula is C16H26N2O3. The highest BCUT2D eigenvalue weighted by molar-refractivity contribution is 5.74. The Morgan fingerprint density at radius 1 is 1.48 bits per heavy atom. The van der Waals surface area contributed by atoms with Crippen molar-refractivity contribution in [1.82, 2.24) is 10.2 Å². The topological polar surface area (TPSA) is 54.7 Å². The van der Waals surface area contributed by atoms with Crippen LogP contribution in [0.3, 0.4) is 0 Å². The Bertz CT molecular complexity index is 423. The van der Waals surface area contributed by atoms with Gasteiger partial charge in [0.15, 0.2) is 0 Å². The number of ether oxygens (including phenoxy) is 1. The largest absolute Gasteiger partial charge is 0.467 e. The van der Waals surface area contributed by atoms with Crippen molar-refractivity contribution in [1.29, 1.82) is 0 Å². The Balaban J connectivity index is 1.97. The molecular weight excluding hydrogens is 268 g/mol. The average Bonchev–Trinajstić information content (AvgIpc) is 2.96. The molecule has 1 fully saturated rings. The molecule has 1 aliphatic heterocycles. The van der Waals surface area contributed by atoms with E-state index in [2.05, 4.69) is 19.2 Å². The number of rotatable bonds is 5. The van der Waals surface area contributed by atoms with Gasteiger partial charge in [-0.05, 0) is 36.8 Å². The zero-order chi connectivity index (χ0) is 15.2. The van der Waals surface area contributed by atoms with Crippen LogP contribution in [0, 0.1) is 11.8 Å². The minimum Gasteiger partial charge on any atom is -0.467 e. The van der Waals surface area contributed by atoms with Gasteiger partial charge in [-0.25, -0.2) is 4.79 Å². The van der Waals surface area contributed by atoms with E-state index < -0.39 is 0 Å². The second kappa shape index (κ2) is 7.50. The van der Waals surface area contributed by atoms with E-state index in [0.29, 0.717) is 24.9 Å². The van der Waals surface area contributed by atoms with Crippen LogP contribution in [0.4, 0.5) is 4.79 Å². The van der Waals surface area contributed by atoms with Crippen molar-refractivity contribution in [3.63, 3.8) is 0 Å². The molecule has 21 heavy (non-hydrogen) atoms. The number of amides is 2. The highest BCUT2D eigenvalue weighted by Gasteiger charge is 2.27. The number of carbonyl (C=O) groups is 1. The van der Waals surface area contributed by atoms with Crippen molar-refractivity contribution in [2.45, 2.75) is 32.7 Å². The van der Waals surface area contributed by atoms with E-state index in [1.807, 2.05) is 17.0 Å². The summed E-state index contributed by atoms with van der Waals surface area (Å²) in [4.78, 5) is 14.4. The molecule has 118 valence electrons. The molecule has 0 aromatic carbocycles. The van der Waals surface area contributed by atoms with Gasteiger partial charge in [-0.3, -0.25) is 0 Å². The fourth-order valence-corrected chi connectivity index (χ4v) is 3.08. The number of hydrogen-bond acceptors (Lipinski definition) is 3. The highest BCUT2D eigenvalue weighted by atomic mass is 16.5. The maximum Gasteiger partial charge on any atom is 0.318 e. The number of methoxy groups -OCH3 is 1. The molecule has 1 N–H and O–H groups in total. The molecule has 0 spiro atoms. The van der Waals surface area contributed by atoms with Crippen LogP contribution in [0.1, 0.15) is 38.5 Å². The molecule has 1 aromatic rings. The predicted octanol–water partition coefficient (Wildman–Crippen LogP) is 3.04. The van der Waals surface area contributed by atoms with Crippen LogP contribution in [-0.4, -0.2) is 37.7 Å². The van der Waals surface area contributed by atoms with Gasteiger partial charge in [0, 0.05) is 26.8 Å². The number of urea groups is 1. The first kappa shape index (κ1) is 15.9. The van der Waals surface area contributed by atoms with Crippen LogP contribution in [-0.2, 0) is 4.74 Å². The molecule has 0 aliphatic carbocycles. The van der Waals surface area contributed by atoms with Crippen LogP contribution in [0.25, 0.3) is 0 Å². The number of likely N-dealkylation sites (tertiary alicyclic amines) is 1. The van der Waals surface area contributed by atoms with Crippen molar-refractivity contribution >= 4 is 6.03 Å². The number of nitrogens with one attached hydrogen (secondary N) is 1. The monoisotopic (exact) mass is 294 g/mol. The number of carbonyl (C=O) groups excluding carboxylic acids is 1. The summed E-state index contributed by atoms with van der Waals surface area (Å²) in [6, 6.07) is 3.58. The van der Waals surface area contributed by atoms with E-state index in [4.69, 9.17) is 9.15 Å². The standard InChI is InChI=1S/C16H26N2O3/c1-12-9-13(2)11-18(10-12)16(19)17-14(6-8-20-3)15-5-4-7-21-15/h4-5,7,12-14H,6,8-11H2,1-3H3,(H,17,19)/t12-,13-,14+/m1/s1. The lowest BCUT2D eigenvalue weighted by atomic mass is 9.92. The minimum atomic E-state index is -0.139. The van der Waals surface area contributed by atoms with Gasteiger partial charge in [-0.2, -0.15) is 0 Å². The van der Waals surface area contributed by atoms with Crippen LogP contribution < -0.4 is 5.32 Å². The van der Waals surface area contributed by atoms with Crippen LogP contribution in [0.15, 0.2) is 22.8 Å². The third kappa shape index (κ3) is 4.49. The van der Waals surface area contributed by atoms with Crippen LogP contribution in [0.2, 0.25) is 0 Å². The molecule has 0 bridgehead atoms. The van der Waals surface area contributed by atoms with E-state index in [1.54, 1.807) is 13.4 Å². The highest BCUT2D eigenvalue weighted by Crippen LogP contribution is 2.22. The summed E-state index contributed by atoms with van der Waals surface area (Å²) in [6.45, 7) is 6.63. The van der Waals surface area contributed by atoms with Crippen molar-refractivity contribution in [3.8, 4) is 0 Å². The van der Waals surface area contributed by atoms with Gasteiger partial charge in [-0.1, -0.05) is 13.8 Å². The van der Waals surface area contributed by atoms with Crippen molar-refractivity contribution in [2.24, 2.45) is 11.8 Å². The van der Waals surface area contributed by atoms with E-state index >= 15 is 0 Å². The zero-order valence-electron chi connectivity index (χ0n) is 13.2. The van der Waals surface area contributed by atoms with E-state index in [1.165, 1.54) is 6.42 Å². The first-order chi connectivity index (χ1) is 10.1. The normalized spacial score (nSPS) is 23.9. The Morgan fingerprint density at radius 3 is 2.76 bits per heavy atom. The molecule has 2 amide bonds. The van der Waals surface area contributed by atoms with Gasteiger partial charge in [0.1, 0.15) is 5.76 Å². The van der Waals surface area contributed by atoms with Gasteiger partial charge in [0.25, 0.3) is 0 Å². The van der Waals surface area contributed by atoms with Crippen molar-refractivity contribution < 1.29 is 13.9 Å². The number of nitrogens with zero attached hydrogens (tertiary/aromatic N) is 1. The maximum absolute atomic E-state index is 12.5. The second-order valence-corrected chi connectivity index (χ2v) is 6.15. The molecule has 5 nitrogen and oxygen atoms in total. The summed E-state index contributed by atoms with van der Waals surface area (Å²) >= 11 is 0. The second-order valence-electron chi connectivity index (χ2n) is 6.15. The van der Waals surface area contributed by atoms with Crippen LogP contribution >= 0.6 is 0 Å². The smallest absolute Gasteiger partial charge is 0.318 e. The molecule has 1 aliphatic rings. The first-order valence-corrected chi connectivity index (χ1v) is 7.68. The van der Waals surface area contributed by atoms with Crippen LogP contribution in [0.5, 0.6) is 0 Å². The van der Waals surface area contributed by atoms with E-state index in [9.17, 15) is 4.79 Å². The van der Waals surface area contributed by atoms with E-state index in [0.717, 1.165) is 18.8 Å². The summed E-state index contributed by atoms with van der Waals surface area (Å²) in [6.07, 6.45) is 3.52. The fraction of sp³-hybridized carbons (Fsp3) is 0.688. The van der Waals surface area contributed by atoms with Crippen molar-refractivity contribution in [2.75, 3.05) is 26.8 Å². The molecule has 3 atom stereocenters. The van der Waals surface area contributed by atoms with Gasteiger partial charge in [0.05, 0.1) is 12.3 Å². The molecule has 0 saturated carbocycles. The molecule has 0 radical (unpaired) electrons. The molecule has 2 rings (SSSR count). The van der Waals surface area contributed by atoms with Gasteiger partial charge >= 0.3 is 6.03 Å². The summed E-state index contributed by atoms with van der Waals surface area (Å²) < 4.78 is 10.6.